The topological polar surface area (TPSA) is 20.2 Å². The van der Waals surface area contributed by atoms with Gasteiger partial charge < -0.3 is 29.9 Å². The fraction of sp³-hybridized carbons (Fsp3) is 0.375. The molecule has 2 rings (SSSR count). The first-order valence-electron chi connectivity index (χ1n) is 6.16. The van der Waals surface area contributed by atoms with Crippen LogP contribution in [0.15, 0.2) is 41.0 Å². The van der Waals surface area contributed by atoms with E-state index >= 15 is 0 Å². The Morgan fingerprint density at radius 3 is 2.00 bits per heavy atom. The van der Waals surface area contributed by atoms with E-state index in [4.69, 9.17) is 0 Å². The van der Waals surface area contributed by atoms with Crippen molar-refractivity contribution in [3.05, 3.63) is 52.1 Å². The van der Waals surface area contributed by atoms with Gasteiger partial charge in [0.15, 0.2) is 0 Å². The van der Waals surface area contributed by atoms with Crippen molar-refractivity contribution >= 4 is 5.57 Å². The average Bonchev–Trinajstić information content (AvgIpc) is 2.57. The summed E-state index contributed by atoms with van der Waals surface area (Å²) in [6, 6.07) is 8.17. The smallest absolute Gasteiger partial charge is 1.00 e. The third-order valence-corrected chi connectivity index (χ3v) is 3.83. The molecule has 0 heterocycles. The van der Waals surface area contributed by atoms with Gasteiger partial charge in [0.25, 0.3) is 0 Å². The quantitative estimate of drug-likeness (QED) is 0.630. The van der Waals surface area contributed by atoms with Gasteiger partial charge in [-0.15, -0.1) is 0 Å². The normalized spacial score (nSPS) is 15.2. The van der Waals surface area contributed by atoms with Crippen molar-refractivity contribution < 1.29 is 51.6 Å². The van der Waals surface area contributed by atoms with Gasteiger partial charge in [0.05, 0.1) is 6.10 Å². The minimum atomic E-state index is -0.410. The van der Waals surface area contributed by atoms with Crippen LogP contribution in [0.5, 0.6) is 0 Å². The van der Waals surface area contributed by atoms with E-state index in [2.05, 4.69) is 26.8 Å². The van der Waals surface area contributed by atoms with Crippen molar-refractivity contribution in [3.8, 4) is 0 Å². The van der Waals surface area contributed by atoms with Crippen molar-refractivity contribution in [2.24, 2.45) is 0 Å². The van der Waals surface area contributed by atoms with Crippen molar-refractivity contribution in [1.82, 2.24) is 0 Å². The van der Waals surface area contributed by atoms with Crippen LogP contribution in [0.1, 0.15) is 51.3 Å². The predicted octanol–water partition coefficient (Wildman–Crippen LogP) is -1.74. The van der Waals surface area contributed by atoms with Crippen LogP contribution in [0.4, 0.5) is 0 Å². The molecule has 0 fully saturated rings. The van der Waals surface area contributed by atoms with E-state index in [-0.39, 0.29) is 46.5 Å². The van der Waals surface area contributed by atoms with E-state index in [1.807, 2.05) is 25.1 Å². The van der Waals surface area contributed by atoms with E-state index < -0.39 is 6.10 Å². The first-order valence-corrected chi connectivity index (χ1v) is 6.16. The molecule has 0 aromatic heterocycles. The van der Waals surface area contributed by atoms with Crippen LogP contribution >= 0.6 is 0 Å². The average molecular weight is 347 g/mol. The summed E-state index contributed by atoms with van der Waals surface area (Å²) in [7, 11) is 0. The molecule has 0 radical (unpaired) electrons. The third kappa shape index (κ3) is 4.22. The molecule has 0 saturated heterocycles. The number of hydrogen-bond donors (Lipinski definition) is 1. The molecule has 0 amide bonds. The van der Waals surface area contributed by atoms with E-state index in [9.17, 15) is 5.11 Å². The number of aliphatic hydroxyl groups is 1. The van der Waals surface area contributed by atoms with Gasteiger partial charge in [-0.25, -0.2) is 0 Å². The zero-order chi connectivity index (χ0) is 12.6. The number of rotatable bonds is 2. The Kier molecular flexibility index (Phi) is 10.1. The first kappa shape index (κ1) is 22.2. The van der Waals surface area contributed by atoms with Gasteiger partial charge in [-0.2, -0.15) is 0 Å². The Morgan fingerprint density at radius 1 is 1.00 bits per heavy atom. The standard InChI is InChI=1S/C16H20O.2ClH.Ti/c1-10-9-16(12(3)11(10)2)15-8-6-5-7-14(15)13(4)17;;;/h5-8,13,17H,9H2,1-4H3;2*1H;/q;;;+2/p-2. The molecular weight excluding hydrogens is 327 g/mol. The summed E-state index contributed by atoms with van der Waals surface area (Å²) in [5.41, 5.74) is 7.82. The minimum absolute atomic E-state index is 0. The molecule has 1 N–H and O–H groups in total. The summed E-state index contributed by atoms with van der Waals surface area (Å²) in [4.78, 5) is 0. The number of halogens is 2. The van der Waals surface area contributed by atoms with Gasteiger partial charge in [0, 0.05) is 0 Å². The molecule has 1 aliphatic carbocycles. The third-order valence-electron chi connectivity index (χ3n) is 3.83. The molecule has 0 bridgehead atoms. The second kappa shape index (κ2) is 9.07. The molecule has 108 valence electrons. The second-order valence-electron chi connectivity index (χ2n) is 4.95. The van der Waals surface area contributed by atoms with Gasteiger partial charge in [-0.3, -0.25) is 0 Å². The zero-order valence-electron chi connectivity index (χ0n) is 12.3. The van der Waals surface area contributed by atoms with Crippen LogP contribution in [0.2, 0.25) is 0 Å². The van der Waals surface area contributed by atoms with Crippen molar-refractivity contribution in [3.63, 3.8) is 0 Å². The Morgan fingerprint density at radius 2 is 1.55 bits per heavy atom. The molecule has 1 aromatic rings. The van der Waals surface area contributed by atoms with Crippen LogP contribution < -0.4 is 24.8 Å². The summed E-state index contributed by atoms with van der Waals surface area (Å²) in [6.07, 6.45) is 0.606. The van der Waals surface area contributed by atoms with Gasteiger partial charge in [0.2, 0.25) is 0 Å². The SMILES string of the molecule is CC1=C(C)C(C)=C(c2ccccc2C(C)O)C1.[Cl-].[Cl-].[Ti+2]. The molecule has 1 aliphatic rings. The van der Waals surface area contributed by atoms with Gasteiger partial charge >= 0.3 is 21.7 Å². The summed E-state index contributed by atoms with van der Waals surface area (Å²) in [6.45, 7) is 8.39. The summed E-state index contributed by atoms with van der Waals surface area (Å²) in [5, 5.41) is 9.85. The number of benzene rings is 1. The number of hydrogen-bond acceptors (Lipinski definition) is 1. The predicted molar refractivity (Wildman–Crippen MR) is 72.7 cm³/mol. The molecule has 4 heteroatoms. The Balaban J connectivity index is 0. The monoisotopic (exact) mass is 346 g/mol. The van der Waals surface area contributed by atoms with E-state index in [0.29, 0.717) is 0 Å². The molecule has 1 nitrogen and oxygen atoms in total. The Hall–Kier alpha value is -0.0457. The van der Waals surface area contributed by atoms with Gasteiger partial charge in [0.1, 0.15) is 0 Å². The van der Waals surface area contributed by atoms with E-state index in [1.54, 1.807) is 0 Å². The number of aliphatic hydroxyl groups excluding tert-OH is 1. The second-order valence-corrected chi connectivity index (χ2v) is 4.95. The fourth-order valence-electron chi connectivity index (χ4n) is 2.51. The van der Waals surface area contributed by atoms with Crippen LogP contribution in [0.25, 0.3) is 5.57 Å². The van der Waals surface area contributed by atoms with Crippen LogP contribution in [0, 0.1) is 0 Å². The maximum Gasteiger partial charge on any atom is 2.00 e. The molecule has 1 aromatic carbocycles. The molecule has 1 atom stereocenters. The first-order chi connectivity index (χ1) is 8.02. The number of allylic oxidation sites excluding steroid dienone is 4. The van der Waals surface area contributed by atoms with Crippen molar-refractivity contribution in [2.75, 3.05) is 0 Å². The summed E-state index contributed by atoms with van der Waals surface area (Å²) >= 11 is 0. The largest absolute Gasteiger partial charge is 2.00 e. The van der Waals surface area contributed by atoms with Crippen molar-refractivity contribution in [1.29, 1.82) is 0 Å². The van der Waals surface area contributed by atoms with Crippen molar-refractivity contribution in [2.45, 2.75) is 40.2 Å². The fourth-order valence-corrected chi connectivity index (χ4v) is 2.51. The Labute approximate surface area is 149 Å². The van der Waals surface area contributed by atoms with E-state index in [1.165, 1.54) is 27.9 Å². The van der Waals surface area contributed by atoms with E-state index in [0.717, 1.165) is 12.0 Å². The molecule has 20 heavy (non-hydrogen) atoms. The van der Waals surface area contributed by atoms with Gasteiger partial charge in [-0.1, -0.05) is 29.8 Å². The zero-order valence-corrected chi connectivity index (χ0v) is 15.4. The summed E-state index contributed by atoms with van der Waals surface area (Å²) in [5.74, 6) is 0. The van der Waals surface area contributed by atoms with Crippen LogP contribution in [-0.4, -0.2) is 5.11 Å². The molecule has 0 aliphatic heterocycles. The summed E-state index contributed by atoms with van der Waals surface area (Å²) < 4.78 is 0. The molecule has 1 unspecified atom stereocenters. The van der Waals surface area contributed by atoms with Crippen LogP contribution in [-0.2, 0) is 21.7 Å². The maximum absolute atomic E-state index is 9.85. The maximum atomic E-state index is 9.85. The molecule has 0 spiro atoms. The minimum Gasteiger partial charge on any atom is -1.00 e. The molecule has 0 saturated carbocycles. The molecular formula is C16H20Cl2OTi. The van der Waals surface area contributed by atoms with Crippen LogP contribution in [0.3, 0.4) is 0 Å². The Bertz CT molecular complexity index is 519. The van der Waals surface area contributed by atoms with Gasteiger partial charge in [-0.05, 0) is 62.0 Å².